The zero-order valence-electron chi connectivity index (χ0n) is 12.0. The fourth-order valence-corrected chi connectivity index (χ4v) is 2.42. The summed E-state index contributed by atoms with van der Waals surface area (Å²) in [7, 11) is 0. The average molecular weight is 268 g/mol. The summed E-state index contributed by atoms with van der Waals surface area (Å²) in [5, 5.41) is 12.0. The van der Waals surface area contributed by atoms with Crippen LogP contribution in [0.1, 0.15) is 30.7 Å². The van der Waals surface area contributed by atoms with Crippen molar-refractivity contribution < 1.29 is 0 Å². The lowest BCUT2D eigenvalue weighted by atomic mass is 10.1. The molecular formula is C16H20N4. The maximum atomic E-state index is 4.36. The van der Waals surface area contributed by atoms with Gasteiger partial charge in [0.25, 0.3) is 0 Å². The van der Waals surface area contributed by atoms with E-state index < -0.39 is 0 Å². The Hall–Kier alpha value is -1.94. The minimum absolute atomic E-state index is 0.463. The molecule has 20 heavy (non-hydrogen) atoms. The first-order valence-corrected chi connectivity index (χ1v) is 7.10. The highest BCUT2D eigenvalue weighted by molar-refractivity contribution is 5.46. The molecular weight excluding hydrogens is 248 g/mol. The van der Waals surface area contributed by atoms with Crippen molar-refractivity contribution in [3.05, 3.63) is 53.2 Å². The molecule has 0 unspecified atom stereocenters. The van der Waals surface area contributed by atoms with E-state index in [-0.39, 0.29) is 0 Å². The molecule has 1 N–H and O–H groups in total. The summed E-state index contributed by atoms with van der Waals surface area (Å²) in [5.74, 6) is 0.953. The zero-order chi connectivity index (χ0) is 13.9. The van der Waals surface area contributed by atoms with E-state index >= 15 is 0 Å². The lowest BCUT2D eigenvalue weighted by Gasteiger charge is -2.16. The van der Waals surface area contributed by atoms with Gasteiger partial charge in [0.1, 0.15) is 0 Å². The van der Waals surface area contributed by atoms with E-state index in [1.807, 2.05) is 0 Å². The molecule has 0 amide bonds. The van der Waals surface area contributed by atoms with Gasteiger partial charge in [-0.25, -0.2) is 0 Å². The molecule has 1 aromatic carbocycles. The fraction of sp³-hybridized carbons (Fsp3) is 0.375. The van der Waals surface area contributed by atoms with Gasteiger partial charge in [0.15, 0.2) is 5.82 Å². The lowest BCUT2D eigenvalue weighted by Crippen LogP contribution is -2.23. The zero-order valence-corrected chi connectivity index (χ0v) is 12.0. The third-order valence-electron chi connectivity index (χ3n) is 3.56. The van der Waals surface area contributed by atoms with Crippen LogP contribution in [0, 0.1) is 0 Å². The van der Waals surface area contributed by atoms with Crippen molar-refractivity contribution in [2.75, 3.05) is 4.90 Å². The standard InChI is InChI=1S/C16H20N4/c1-12(2)17-9-15-7-8-16(19-18-15)20-10-13-5-3-4-6-14(13)11-20/h3-8,12,17H,9-11H2,1-2H3. The number of hydrogen-bond donors (Lipinski definition) is 1. The number of benzene rings is 1. The molecule has 2 heterocycles. The predicted molar refractivity (Wildman–Crippen MR) is 80.3 cm³/mol. The lowest BCUT2D eigenvalue weighted by molar-refractivity contribution is 0.577. The van der Waals surface area contributed by atoms with Crippen LogP contribution in [0.5, 0.6) is 0 Å². The predicted octanol–water partition coefficient (Wildman–Crippen LogP) is 2.49. The van der Waals surface area contributed by atoms with Crippen LogP contribution in [-0.4, -0.2) is 16.2 Å². The van der Waals surface area contributed by atoms with Crippen LogP contribution in [0.3, 0.4) is 0 Å². The van der Waals surface area contributed by atoms with E-state index in [1.54, 1.807) is 0 Å². The first-order valence-electron chi connectivity index (χ1n) is 7.10. The monoisotopic (exact) mass is 268 g/mol. The molecule has 4 nitrogen and oxygen atoms in total. The molecule has 0 bridgehead atoms. The van der Waals surface area contributed by atoms with E-state index in [4.69, 9.17) is 0 Å². The molecule has 0 radical (unpaired) electrons. The molecule has 1 aliphatic heterocycles. The van der Waals surface area contributed by atoms with Crippen LogP contribution >= 0.6 is 0 Å². The van der Waals surface area contributed by atoms with E-state index in [9.17, 15) is 0 Å². The number of rotatable bonds is 4. The first kappa shape index (κ1) is 13.1. The molecule has 0 aliphatic carbocycles. The van der Waals surface area contributed by atoms with Gasteiger partial charge in [0, 0.05) is 25.7 Å². The third kappa shape index (κ3) is 2.80. The molecule has 0 atom stereocenters. The molecule has 4 heteroatoms. The first-order chi connectivity index (χ1) is 9.72. The smallest absolute Gasteiger partial charge is 0.151 e. The van der Waals surface area contributed by atoms with Gasteiger partial charge < -0.3 is 10.2 Å². The molecule has 2 aromatic rings. The van der Waals surface area contributed by atoms with E-state index in [0.717, 1.165) is 31.1 Å². The van der Waals surface area contributed by atoms with Gasteiger partial charge in [-0.05, 0) is 23.3 Å². The Balaban J connectivity index is 1.67. The van der Waals surface area contributed by atoms with Gasteiger partial charge in [0.05, 0.1) is 5.69 Å². The Labute approximate surface area is 119 Å². The molecule has 0 fully saturated rings. The topological polar surface area (TPSA) is 41.0 Å². The van der Waals surface area contributed by atoms with E-state index in [1.165, 1.54) is 11.1 Å². The van der Waals surface area contributed by atoms with Gasteiger partial charge in [0.2, 0.25) is 0 Å². The molecule has 1 aromatic heterocycles. The quantitative estimate of drug-likeness (QED) is 0.925. The van der Waals surface area contributed by atoms with Crippen molar-refractivity contribution in [1.82, 2.24) is 15.5 Å². The summed E-state index contributed by atoms with van der Waals surface area (Å²) < 4.78 is 0. The number of nitrogens with one attached hydrogen (secondary N) is 1. The third-order valence-corrected chi connectivity index (χ3v) is 3.56. The highest BCUT2D eigenvalue weighted by atomic mass is 15.3. The van der Waals surface area contributed by atoms with Gasteiger partial charge in [-0.2, -0.15) is 5.10 Å². The molecule has 1 aliphatic rings. The number of aromatic nitrogens is 2. The van der Waals surface area contributed by atoms with Crippen molar-refractivity contribution in [2.24, 2.45) is 0 Å². The van der Waals surface area contributed by atoms with Crippen LogP contribution < -0.4 is 10.2 Å². The highest BCUT2D eigenvalue weighted by Gasteiger charge is 2.19. The second kappa shape index (κ2) is 5.59. The summed E-state index contributed by atoms with van der Waals surface area (Å²) in [4.78, 5) is 2.26. The van der Waals surface area contributed by atoms with Gasteiger partial charge in [-0.15, -0.1) is 5.10 Å². The van der Waals surface area contributed by atoms with Crippen molar-refractivity contribution in [3.63, 3.8) is 0 Å². The van der Waals surface area contributed by atoms with Crippen LogP contribution in [0.15, 0.2) is 36.4 Å². The largest absolute Gasteiger partial charge is 0.346 e. The normalized spacial score (nSPS) is 13.8. The molecule has 0 spiro atoms. The average Bonchev–Trinajstić information content (AvgIpc) is 2.89. The molecule has 0 saturated carbocycles. The minimum atomic E-state index is 0.463. The Kier molecular flexibility index (Phi) is 3.65. The minimum Gasteiger partial charge on any atom is -0.346 e. The van der Waals surface area contributed by atoms with Crippen LogP contribution in [0.4, 0.5) is 5.82 Å². The summed E-state index contributed by atoms with van der Waals surface area (Å²) in [6, 6.07) is 13.1. The summed E-state index contributed by atoms with van der Waals surface area (Å²) in [5.41, 5.74) is 3.76. The Morgan fingerprint density at radius 1 is 1.05 bits per heavy atom. The number of fused-ring (bicyclic) bond motifs is 1. The SMILES string of the molecule is CC(C)NCc1ccc(N2Cc3ccccc3C2)nn1. The molecule has 104 valence electrons. The van der Waals surface area contributed by atoms with Crippen molar-refractivity contribution in [2.45, 2.75) is 39.5 Å². The maximum absolute atomic E-state index is 4.36. The fourth-order valence-electron chi connectivity index (χ4n) is 2.42. The molecule has 3 rings (SSSR count). The van der Waals surface area contributed by atoms with Crippen molar-refractivity contribution in [1.29, 1.82) is 0 Å². The van der Waals surface area contributed by atoms with Gasteiger partial charge in [-0.3, -0.25) is 0 Å². The molecule has 0 saturated heterocycles. The number of hydrogen-bond acceptors (Lipinski definition) is 4. The van der Waals surface area contributed by atoms with Crippen LogP contribution in [-0.2, 0) is 19.6 Å². The Bertz CT molecular complexity index is 552. The Morgan fingerprint density at radius 3 is 2.30 bits per heavy atom. The van der Waals surface area contributed by atoms with Crippen molar-refractivity contribution >= 4 is 5.82 Å². The van der Waals surface area contributed by atoms with Crippen LogP contribution in [0.25, 0.3) is 0 Å². The summed E-state index contributed by atoms with van der Waals surface area (Å²) in [6.45, 7) is 6.88. The number of nitrogens with zero attached hydrogens (tertiary/aromatic N) is 3. The summed E-state index contributed by atoms with van der Waals surface area (Å²) in [6.07, 6.45) is 0. The van der Waals surface area contributed by atoms with Gasteiger partial charge >= 0.3 is 0 Å². The highest BCUT2D eigenvalue weighted by Crippen LogP contribution is 2.26. The van der Waals surface area contributed by atoms with Gasteiger partial charge in [-0.1, -0.05) is 38.1 Å². The van der Waals surface area contributed by atoms with E-state index in [0.29, 0.717) is 6.04 Å². The second-order valence-electron chi connectivity index (χ2n) is 5.54. The van der Waals surface area contributed by atoms with Crippen LogP contribution in [0.2, 0.25) is 0 Å². The van der Waals surface area contributed by atoms with Crippen molar-refractivity contribution in [3.8, 4) is 0 Å². The maximum Gasteiger partial charge on any atom is 0.151 e. The Morgan fingerprint density at radius 2 is 1.75 bits per heavy atom. The number of anilines is 1. The second-order valence-corrected chi connectivity index (χ2v) is 5.54. The van der Waals surface area contributed by atoms with E-state index in [2.05, 4.69) is 70.7 Å². The summed E-state index contributed by atoms with van der Waals surface area (Å²) >= 11 is 0.